The molecule has 1 aliphatic heterocycles. The van der Waals surface area contributed by atoms with E-state index in [1.165, 1.54) is 0 Å². The zero-order valence-corrected chi connectivity index (χ0v) is 10.8. The van der Waals surface area contributed by atoms with E-state index in [0.29, 0.717) is 17.3 Å². The van der Waals surface area contributed by atoms with Crippen LogP contribution in [0.25, 0.3) is 0 Å². The number of fused-ring (bicyclic) bond motifs is 1. The van der Waals surface area contributed by atoms with Gasteiger partial charge in [0.15, 0.2) is 5.82 Å². The number of nitrogens with one attached hydrogen (secondary N) is 2. The van der Waals surface area contributed by atoms with E-state index in [2.05, 4.69) is 15.8 Å². The Bertz CT molecular complexity index is 678. The number of hydrogen-bond donors (Lipinski definition) is 2. The third kappa shape index (κ3) is 2.27. The third-order valence-electron chi connectivity index (χ3n) is 3.20. The molecule has 0 unspecified atom stereocenters. The number of benzene rings is 1. The van der Waals surface area contributed by atoms with Gasteiger partial charge in [-0.25, -0.2) is 0 Å². The molecule has 0 saturated heterocycles. The molecule has 0 spiro atoms. The van der Waals surface area contributed by atoms with Crippen molar-refractivity contribution in [2.75, 3.05) is 10.6 Å². The number of nitrogens with zero attached hydrogens (tertiary/aromatic N) is 1. The summed E-state index contributed by atoms with van der Waals surface area (Å²) in [5, 5.41) is 9.15. The summed E-state index contributed by atoms with van der Waals surface area (Å²) in [5.74, 6) is 0.0239. The van der Waals surface area contributed by atoms with Crippen molar-refractivity contribution >= 4 is 23.3 Å². The highest BCUT2D eigenvalue weighted by molar-refractivity contribution is 6.04. The van der Waals surface area contributed by atoms with Crippen molar-refractivity contribution in [1.29, 1.82) is 0 Å². The highest BCUT2D eigenvalue weighted by atomic mass is 16.5. The minimum atomic E-state index is -0.517. The standard InChI is InChI=1S/C14H13N3O3/c1-8-6-12(17-20-8)16-14(19)10-7-13(18)15-11-5-3-2-4-9(10)11/h2-6,10H,7H2,1H3,(H,15,18)(H,16,17,19)/t10-/m1/s1. The average Bonchev–Trinajstić information content (AvgIpc) is 2.83. The molecule has 0 aliphatic carbocycles. The minimum Gasteiger partial charge on any atom is -0.360 e. The van der Waals surface area contributed by atoms with E-state index in [1.54, 1.807) is 19.1 Å². The van der Waals surface area contributed by atoms with Crippen molar-refractivity contribution in [3.05, 3.63) is 41.7 Å². The van der Waals surface area contributed by atoms with E-state index in [4.69, 9.17) is 4.52 Å². The second-order valence-corrected chi connectivity index (χ2v) is 4.70. The summed E-state index contributed by atoms with van der Waals surface area (Å²) in [5.41, 5.74) is 1.49. The lowest BCUT2D eigenvalue weighted by Gasteiger charge is -2.24. The van der Waals surface area contributed by atoms with Gasteiger partial charge in [0.2, 0.25) is 11.8 Å². The summed E-state index contributed by atoms with van der Waals surface area (Å²) in [6.07, 6.45) is 0.125. The molecule has 102 valence electrons. The maximum atomic E-state index is 12.3. The lowest BCUT2D eigenvalue weighted by atomic mass is 9.90. The highest BCUT2D eigenvalue weighted by Gasteiger charge is 2.30. The van der Waals surface area contributed by atoms with Gasteiger partial charge < -0.3 is 15.2 Å². The summed E-state index contributed by atoms with van der Waals surface area (Å²) in [6, 6.07) is 8.92. The fraction of sp³-hybridized carbons (Fsp3) is 0.214. The van der Waals surface area contributed by atoms with E-state index in [-0.39, 0.29) is 18.2 Å². The number of amides is 2. The Morgan fingerprint density at radius 2 is 2.25 bits per heavy atom. The van der Waals surface area contributed by atoms with Crippen LogP contribution in [0.15, 0.2) is 34.9 Å². The number of anilines is 2. The molecule has 1 aromatic carbocycles. The predicted octanol–water partition coefficient (Wildman–Crippen LogP) is 2.05. The van der Waals surface area contributed by atoms with Crippen molar-refractivity contribution in [3.8, 4) is 0 Å². The summed E-state index contributed by atoms with van der Waals surface area (Å²) < 4.78 is 4.90. The molecule has 20 heavy (non-hydrogen) atoms. The molecule has 6 nitrogen and oxygen atoms in total. The first-order chi connectivity index (χ1) is 9.63. The molecule has 3 rings (SSSR count). The Kier molecular flexibility index (Phi) is 2.98. The van der Waals surface area contributed by atoms with Crippen molar-refractivity contribution in [1.82, 2.24) is 5.16 Å². The Morgan fingerprint density at radius 1 is 1.45 bits per heavy atom. The van der Waals surface area contributed by atoms with E-state index in [0.717, 1.165) is 5.56 Å². The van der Waals surface area contributed by atoms with Gasteiger partial charge in [0.05, 0.1) is 5.92 Å². The molecule has 0 radical (unpaired) electrons. The van der Waals surface area contributed by atoms with Crippen molar-refractivity contribution < 1.29 is 14.1 Å². The Balaban J connectivity index is 1.86. The van der Waals surface area contributed by atoms with Gasteiger partial charge in [0.25, 0.3) is 0 Å². The summed E-state index contributed by atoms with van der Waals surface area (Å²) in [6.45, 7) is 1.74. The zero-order chi connectivity index (χ0) is 14.1. The maximum Gasteiger partial charge on any atom is 0.233 e. The zero-order valence-electron chi connectivity index (χ0n) is 10.8. The minimum absolute atomic E-state index is 0.125. The second kappa shape index (κ2) is 4.80. The molecular weight excluding hydrogens is 258 g/mol. The lowest BCUT2D eigenvalue weighted by Crippen LogP contribution is -2.30. The van der Waals surface area contributed by atoms with Crippen LogP contribution >= 0.6 is 0 Å². The van der Waals surface area contributed by atoms with Gasteiger partial charge in [-0.05, 0) is 18.6 Å². The molecule has 1 atom stereocenters. The van der Waals surface area contributed by atoms with Crippen LogP contribution in [0.4, 0.5) is 11.5 Å². The number of rotatable bonds is 2. The third-order valence-corrected chi connectivity index (χ3v) is 3.20. The van der Waals surface area contributed by atoms with Crippen molar-refractivity contribution in [2.45, 2.75) is 19.3 Å². The van der Waals surface area contributed by atoms with Gasteiger partial charge in [0, 0.05) is 18.2 Å². The number of aryl methyl sites for hydroxylation is 1. The summed E-state index contributed by atoms with van der Waals surface area (Å²) >= 11 is 0. The van der Waals surface area contributed by atoms with Gasteiger partial charge >= 0.3 is 0 Å². The molecular formula is C14H13N3O3. The van der Waals surface area contributed by atoms with Crippen LogP contribution in [-0.4, -0.2) is 17.0 Å². The average molecular weight is 271 g/mol. The first kappa shape index (κ1) is 12.4. The van der Waals surface area contributed by atoms with Gasteiger partial charge in [-0.3, -0.25) is 9.59 Å². The largest absolute Gasteiger partial charge is 0.360 e. The van der Waals surface area contributed by atoms with Gasteiger partial charge in [-0.15, -0.1) is 0 Å². The molecule has 2 heterocycles. The van der Waals surface area contributed by atoms with Crippen LogP contribution in [0.2, 0.25) is 0 Å². The monoisotopic (exact) mass is 271 g/mol. The molecule has 2 aromatic rings. The fourth-order valence-corrected chi connectivity index (χ4v) is 2.28. The van der Waals surface area contributed by atoms with E-state index in [9.17, 15) is 9.59 Å². The Hall–Kier alpha value is -2.63. The Labute approximate surface area is 115 Å². The molecule has 2 N–H and O–H groups in total. The van der Waals surface area contributed by atoms with E-state index >= 15 is 0 Å². The number of aromatic nitrogens is 1. The van der Waals surface area contributed by atoms with Crippen LogP contribution in [-0.2, 0) is 9.59 Å². The molecule has 0 fully saturated rings. The van der Waals surface area contributed by atoms with Crippen LogP contribution < -0.4 is 10.6 Å². The topological polar surface area (TPSA) is 84.2 Å². The van der Waals surface area contributed by atoms with Gasteiger partial charge in [0.1, 0.15) is 5.76 Å². The molecule has 1 aromatic heterocycles. The number of para-hydroxylation sites is 1. The van der Waals surface area contributed by atoms with Gasteiger partial charge in [-0.1, -0.05) is 23.4 Å². The van der Waals surface area contributed by atoms with Crippen LogP contribution in [0.3, 0.4) is 0 Å². The highest BCUT2D eigenvalue weighted by Crippen LogP contribution is 2.32. The smallest absolute Gasteiger partial charge is 0.233 e. The molecule has 6 heteroatoms. The molecule has 2 amide bonds. The first-order valence-corrected chi connectivity index (χ1v) is 6.26. The predicted molar refractivity (Wildman–Crippen MR) is 72.3 cm³/mol. The van der Waals surface area contributed by atoms with Crippen molar-refractivity contribution in [3.63, 3.8) is 0 Å². The first-order valence-electron chi connectivity index (χ1n) is 6.26. The molecule has 0 bridgehead atoms. The molecule has 0 saturated carbocycles. The Morgan fingerprint density at radius 3 is 3.00 bits per heavy atom. The normalized spacial score (nSPS) is 17.2. The van der Waals surface area contributed by atoms with E-state index in [1.807, 2.05) is 18.2 Å². The number of carbonyl (C=O) groups excluding carboxylic acids is 2. The second-order valence-electron chi connectivity index (χ2n) is 4.70. The van der Waals surface area contributed by atoms with Crippen molar-refractivity contribution in [2.24, 2.45) is 0 Å². The van der Waals surface area contributed by atoms with Gasteiger partial charge in [-0.2, -0.15) is 0 Å². The van der Waals surface area contributed by atoms with Crippen LogP contribution in [0.5, 0.6) is 0 Å². The summed E-state index contributed by atoms with van der Waals surface area (Å²) in [4.78, 5) is 24.0. The summed E-state index contributed by atoms with van der Waals surface area (Å²) in [7, 11) is 0. The van der Waals surface area contributed by atoms with E-state index < -0.39 is 5.92 Å². The number of hydrogen-bond acceptors (Lipinski definition) is 4. The van der Waals surface area contributed by atoms with Crippen LogP contribution in [0, 0.1) is 6.92 Å². The SMILES string of the molecule is Cc1cc(NC(=O)[C@@H]2CC(=O)Nc3ccccc32)no1. The quantitative estimate of drug-likeness (QED) is 0.875. The fourth-order valence-electron chi connectivity index (χ4n) is 2.28. The molecule has 1 aliphatic rings. The number of carbonyl (C=O) groups is 2. The lowest BCUT2D eigenvalue weighted by molar-refractivity contribution is -0.123. The van der Waals surface area contributed by atoms with Crippen LogP contribution in [0.1, 0.15) is 23.7 Å². The maximum absolute atomic E-state index is 12.3.